The van der Waals surface area contributed by atoms with Crippen LogP contribution in [0.25, 0.3) is 10.9 Å². The third-order valence-corrected chi connectivity index (χ3v) is 5.45. The number of sulfone groups is 1. The third-order valence-electron chi connectivity index (χ3n) is 3.37. The molecule has 2 aromatic carbocycles. The minimum Gasteiger partial charge on any atom is -0.504 e. The van der Waals surface area contributed by atoms with Crippen LogP contribution in [-0.2, 0) is 9.84 Å². The molecule has 0 unspecified atom stereocenters. The molecule has 0 bridgehead atoms. The van der Waals surface area contributed by atoms with Crippen molar-refractivity contribution in [2.24, 2.45) is 0 Å². The van der Waals surface area contributed by atoms with Gasteiger partial charge in [0.2, 0.25) is 9.84 Å². The molecule has 3 rings (SSSR count). The minimum absolute atomic E-state index is 0.0315. The molecule has 0 aliphatic carbocycles. The normalized spacial score (nSPS) is 11.7. The molecular formula is C16H12ClNO3S. The molecule has 0 atom stereocenters. The number of hydrogen-bond donors (Lipinski definition) is 1. The smallest absolute Gasteiger partial charge is 0.207 e. The summed E-state index contributed by atoms with van der Waals surface area (Å²) in [4.78, 5) is 4.24. The van der Waals surface area contributed by atoms with Gasteiger partial charge in [-0.15, -0.1) is 0 Å². The summed E-state index contributed by atoms with van der Waals surface area (Å²) in [6, 6.07) is 11.1. The summed E-state index contributed by atoms with van der Waals surface area (Å²) in [6.07, 6.45) is 1.47. The average molecular weight is 334 g/mol. The molecule has 6 heteroatoms. The number of fused-ring (bicyclic) bond motifs is 1. The molecule has 0 spiro atoms. The fourth-order valence-electron chi connectivity index (χ4n) is 2.30. The number of phenols is 1. The summed E-state index contributed by atoms with van der Waals surface area (Å²) in [5, 5.41) is 10.3. The lowest BCUT2D eigenvalue weighted by atomic mass is 10.2. The number of aromatic hydroxyl groups is 1. The van der Waals surface area contributed by atoms with Gasteiger partial charge in [-0.1, -0.05) is 23.7 Å². The lowest BCUT2D eigenvalue weighted by molar-refractivity contribution is 0.480. The lowest BCUT2D eigenvalue weighted by Gasteiger charge is -2.10. The molecule has 0 radical (unpaired) electrons. The van der Waals surface area contributed by atoms with Crippen molar-refractivity contribution < 1.29 is 13.5 Å². The number of nitrogens with zero attached hydrogens (tertiary/aromatic N) is 1. The number of halogens is 1. The van der Waals surface area contributed by atoms with Crippen LogP contribution in [0.2, 0.25) is 5.02 Å². The Balaban J connectivity index is 2.37. The second kappa shape index (κ2) is 5.26. The van der Waals surface area contributed by atoms with E-state index in [0.29, 0.717) is 5.39 Å². The van der Waals surface area contributed by atoms with Gasteiger partial charge in [-0.2, -0.15) is 0 Å². The van der Waals surface area contributed by atoms with Gasteiger partial charge in [0.1, 0.15) is 5.52 Å². The largest absolute Gasteiger partial charge is 0.504 e. The van der Waals surface area contributed by atoms with Gasteiger partial charge < -0.3 is 5.11 Å². The number of pyridine rings is 1. The first kappa shape index (κ1) is 14.8. The zero-order valence-electron chi connectivity index (χ0n) is 11.6. The zero-order chi connectivity index (χ0) is 15.9. The van der Waals surface area contributed by atoms with E-state index in [2.05, 4.69) is 4.98 Å². The first-order valence-electron chi connectivity index (χ1n) is 6.49. The second-order valence-corrected chi connectivity index (χ2v) is 7.25. The second-order valence-electron chi connectivity index (χ2n) is 4.92. The Kier molecular flexibility index (Phi) is 3.54. The van der Waals surface area contributed by atoms with Crippen LogP contribution >= 0.6 is 11.6 Å². The van der Waals surface area contributed by atoms with Crippen molar-refractivity contribution in [2.45, 2.75) is 16.7 Å². The van der Waals surface area contributed by atoms with Crippen molar-refractivity contribution in [2.75, 3.05) is 0 Å². The lowest BCUT2D eigenvalue weighted by Crippen LogP contribution is -2.04. The Hall–Kier alpha value is -2.11. The molecule has 22 heavy (non-hydrogen) atoms. The quantitative estimate of drug-likeness (QED) is 0.775. The average Bonchev–Trinajstić information content (AvgIpc) is 2.51. The SMILES string of the molecule is Cc1cccc(S(=O)(=O)c2cc(Cl)c(O)c3ncccc23)c1. The van der Waals surface area contributed by atoms with Crippen molar-refractivity contribution in [1.29, 1.82) is 0 Å². The van der Waals surface area contributed by atoms with Gasteiger partial charge in [-0.05, 0) is 42.8 Å². The van der Waals surface area contributed by atoms with E-state index >= 15 is 0 Å². The molecule has 112 valence electrons. The van der Waals surface area contributed by atoms with Crippen LogP contribution in [0.1, 0.15) is 5.56 Å². The van der Waals surface area contributed by atoms with Gasteiger partial charge in [-0.25, -0.2) is 8.42 Å². The number of benzene rings is 2. The molecule has 0 aliphatic heterocycles. The molecule has 1 aromatic heterocycles. The fraction of sp³-hybridized carbons (Fsp3) is 0.0625. The highest BCUT2D eigenvalue weighted by Gasteiger charge is 2.23. The predicted molar refractivity (Wildman–Crippen MR) is 85.0 cm³/mol. The number of hydrogen-bond acceptors (Lipinski definition) is 4. The summed E-state index contributed by atoms with van der Waals surface area (Å²) in [6.45, 7) is 1.82. The maximum atomic E-state index is 12.9. The third kappa shape index (κ3) is 2.32. The number of rotatable bonds is 2. The summed E-state index contributed by atoms with van der Waals surface area (Å²) >= 11 is 5.96. The molecule has 3 aromatic rings. The summed E-state index contributed by atoms with van der Waals surface area (Å²) < 4.78 is 25.8. The Morgan fingerprint density at radius 3 is 2.64 bits per heavy atom. The van der Waals surface area contributed by atoms with Crippen LogP contribution in [0.5, 0.6) is 5.75 Å². The summed E-state index contributed by atoms with van der Waals surface area (Å²) in [5.41, 5.74) is 1.01. The van der Waals surface area contributed by atoms with Gasteiger partial charge in [0.15, 0.2) is 5.75 Å². The monoisotopic (exact) mass is 333 g/mol. The molecule has 0 amide bonds. The molecular weight excluding hydrogens is 322 g/mol. The predicted octanol–water partition coefficient (Wildman–Crippen LogP) is 3.74. The van der Waals surface area contributed by atoms with Gasteiger partial charge in [0.05, 0.1) is 14.8 Å². The highest BCUT2D eigenvalue weighted by Crippen LogP contribution is 2.37. The summed E-state index contributed by atoms with van der Waals surface area (Å²) in [7, 11) is -3.76. The van der Waals surface area contributed by atoms with Crippen molar-refractivity contribution in [3.05, 3.63) is 59.2 Å². The van der Waals surface area contributed by atoms with Gasteiger partial charge in [0.25, 0.3) is 0 Å². The van der Waals surface area contributed by atoms with Crippen molar-refractivity contribution >= 4 is 32.3 Å². The Morgan fingerprint density at radius 1 is 1.14 bits per heavy atom. The van der Waals surface area contributed by atoms with Crippen LogP contribution in [0.3, 0.4) is 0 Å². The van der Waals surface area contributed by atoms with E-state index < -0.39 is 9.84 Å². The first-order chi connectivity index (χ1) is 10.4. The van der Waals surface area contributed by atoms with Crippen LogP contribution in [0.15, 0.2) is 58.5 Å². The highest BCUT2D eigenvalue weighted by molar-refractivity contribution is 7.91. The van der Waals surface area contributed by atoms with Crippen molar-refractivity contribution in [3.63, 3.8) is 0 Å². The van der Waals surface area contributed by atoms with E-state index in [1.54, 1.807) is 24.3 Å². The molecule has 1 N–H and O–H groups in total. The van der Waals surface area contributed by atoms with Crippen LogP contribution in [-0.4, -0.2) is 18.5 Å². The van der Waals surface area contributed by atoms with Crippen LogP contribution < -0.4 is 0 Å². The van der Waals surface area contributed by atoms with Crippen molar-refractivity contribution in [3.8, 4) is 5.75 Å². The topological polar surface area (TPSA) is 67.3 Å². The van der Waals surface area contributed by atoms with E-state index in [1.165, 1.54) is 18.3 Å². The van der Waals surface area contributed by atoms with Crippen LogP contribution in [0, 0.1) is 6.92 Å². The molecule has 4 nitrogen and oxygen atoms in total. The van der Waals surface area contributed by atoms with Crippen molar-refractivity contribution in [1.82, 2.24) is 4.98 Å². The van der Waals surface area contributed by atoms with E-state index in [-0.39, 0.29) is 26.1 Å². The van der Waals surface area contributed by atoms with E-state index in [9.17, 15) is 13.5 Å². The molecule has 0 saturated heterocycles. The molecule has 0 aliphatic rings. The van der Waals surface area contributed by atoms with Gasteiger partial charge >= 0.3 is 0 Å². The molecule has 0 saturated carbocycles. The fourth-order valence-corrected chi connectivity index (χ4v) is 4.14. The van der Waals surface area contributed by atoms with Gasteiger partial charge in [0, 0.05) is 11.6 Å². The Morgan fingerprint density at radius 2 is 1.91 bits per heavy atom. The maximum absolute atomic E-state index is 12.9. The van der Waals surface area contributed by atoms with E-state index in [1.807, 2.05) is 13.0 Å². The maximum Gasteiger partial charge on any atom is 0.207 e. The molecule has 1 heterocycles. The number of aryl methyl sites for hydroxylation is 1. The Labute approximate surface area is 132 Å². The number of phenolic OH excluding ortho intramolecular Hbond substituents is 1. The minimum atomic E-state index is -3.76. The highest BCUT2D eigenvalue weighted by atomic mass is 35.5. The zero-order valence-corrected chi connectivity index (χ0v) is 13.2. The standard InChI is InChI=1S/C16H12ClNO3S/c1-10-4-2-5-11(8-10)22(20,21)14-9-13(17)16(19)15-12(14)6-3-7-18-15/h2-9,19H,1H3. The Bertz CT molecular complexity index is 984. The van der Waals surface area contributed by atoms with Gasteiger partial charge in [-0.3, -0.25) is 4.98 Å². The molecule has 0 fully saturated rings. The summed E-state index contributed by atoms with van der Waals surface area (Å²) in [5.74, 6) is -0.222. The van der Waals surface area contributed by atoms with E-state index in [4.69, 9.17) is 11.6 Å². The van der Waals surface area contributed by atoms with Crippen LogP contribution in [0.4, 0.5) is 0 Å². The first-order valence-corrected chi connectivity index (χ1v) is 8.35. The number of aromatic nitrogens is 1. The van der Waals surface area contributed by atoms with E-state index in [0.717, 1.165) is 5.56 Å².